The molecule has 1 aliphatic heterocycles. The number of aryl methyl sites for hydroxylation is 1. The normalized spacial score (nSPS) is 18.0. The summed E-state index contributed by atoms with van der Waals surface area (Å²) >= 11 is 0. The van der Waals surface area contributed by atoms with Crippen LogP contribution in [0.1, 0.15) is 31.0 Å². The van der Waals surface area contributed by atoms with Gasteiger partial charge in [-0.3, -0.25) is 0 Å². The van der Waals surface area contributed by atoms with Crippen molar-refractivity contribution in [1.29, 1.82) is 0 Å². The zero-order valence-electron chi connectivity index (χ0n) is 13.7. The molecule has 0 spiro atoms. The summed E-state index contributed by atoms with van der Waals surface area (Å²) in [7, 11) is 0. The number of nitrogens with one attached hydrogen (secondary N) is 2. The number of hydrogen-bond acceptors (Lipinski definition) is 4. The molecule has 1 aliphatic rings. The van der Waals surface area contributed by atoms with Gasteiger partial charge in [-0.1, -0.05) is 6.92 Å². The molecular weight excluding hydrogens is 291 g/mol. The Morgan fingerprint density at radius 2 is 2.04 bits per heavy atom. The molecule has 0 saturated carbocycles. The number of aromatic nitrogens is 2. The van der Waals surface area contributed by atoms with Crippen LogP contribution in [0.25, 0.3) is 11.4 Å². The lowest BCUT2D eigenvalue weighted by Crippen LogP contribution is -2.39. The van der Waals surface area contributed by atoms with Crippen LogP contribution in [0.2, 0.25) is 0 Å². The topological polar surface area (TPSA) is 49.8 Å². The minimum absolute atomic E-state index is 0.248. The Bertz CT molecular complexity index is 663. The first kappa shape index (κ1) is 15.9. The fraction of sp³-hybridized carbons (Fsp3) is 0.444. The molecule has 1 atom stereocenters. The largest absolute Gasteiger partial charge is 0.366 e. The van der Waals surface area contributed by atoms with Crippen LogP contribution in [-0.4, -0.2) is 29.1 Å². The van der Waals surface area contributed by atoms with Gasteiger partial charge < -0.3 is 10.6 Å². The molecule has 5 heteroatoms. The molecule has 23 heavy (non-hydrogen) atoms. The Morgan fingerprint density at radius 3 is 2.70 bits per heavy atom. The van der Waals surface area contributed by atoms with E-state index >= 15 is 0 Å². The molecule has 0 radical (unpaired) electrons. The molecule has 3 rings (SSSR count). The molecular formula is C18H23FN4. The molecule has 1 fully saturated rings. The quantitative estimate of drug-likeness (QED) is 0.909. The van der Waals surface area contributed by atoms with Crippen molar-refractivity contribution in [3.05, 3.63) is 41.3 Å². The Balaban J connectivity index is 1.94. The summed E-state index contributed by atoms with van der Waals surface area (Å²) in [4.78, 5) is 9.33. The molecule has 0 aliphatic carbocycles. The van der Waals surface area contributed by atoms with E-state index in [1.165, 1.54) is 18.6 Å². The Morgan fingerprint density at radius 1 is 1.26 bits per heavy atom. The number of hydrogen-bond donors (Lipinski definition) is 2. The lowest BCUT2D eigenvalue weighted by molar-refractivity contribution is 0.478. The molecule has 4 nitrogen and oxygen atoms in total. The maximum Gasteiger partial charge on any atom is 0.161 e. The summed E-state index contributed by atoms with van der Waals surface area (Å²) in [5.74, 6) is 1.31. The summed E-state index contributed by atoms with van der Waals surface area (Å²) < 4.78 is 13.1. The predicted octanol–water partition coefficient (Wildman–Crippen LogP) is 3.32. The van der Waals surface area contributed by atoms with Crippen LogP contribution >= 0.6 is 0 Å². The number of halogens is 1. The third-order valence-electron chi connectivity index (χ3n) is 4.31. The second-order valence-corrected chi connectivity index (χ2v) is 6.01. The molecule has 2 aromatic rings. The molecule has 2 heterocycles. The molecule has 1 saturated heterocycles. The van der Waals surface area contributed by atoms with E-state index in [1.54, 1.807) is 12.1 Å². The van der Waals surface area contributed by atoms with Gasteiger partial charge in [0.25, 0.3) is 0 Å². The second kappa shape index (κ2) is 7.04. The molecule has 0 bridgehead atoms. The van der Waals surface area contributed by atoms with E-state index in [-0.39, 0.29) is 5.82 Å². The van der Waals surface area contributed by atoms with Crippen molar-refractivity contribution in [2.75, 3.05) is 18.4 Å². The fourth-order valence-electron chi connectivity index (χ4n) is 3.04. The molecule has 1 unspecified atom stereocenters. The minimum Gasteiger partial charge on any atom is -0.366 e. The Labute approximate surface area is 136 Å². The van der Waals surface area contributed by atoms with Crippen LogP contribution in [0.5, 0.6) is 0 Å². The maximum atomic E-state index is 13.1. The number of piperidine rings is 1. The zero-order chi connectivity index (χ0) is 16.2. The Hall–Kier alpha value is -2.01. The summed E-state index contributed by atoms with van der Waals surface area (Å²) in [5.41, 5.74) is 2.97. The van der Waals surface area contributed by atoms with Gasteiger partial charge in [0, 0.05) is 29.4 Å². The zero-order valence-corrected chi connectivity index (χ0v) is 13.7. The fourth-order valence-corrected chi connectivity index (χ4v) is 3.04. The minimum atomic E-state index is -0.248. The van der Waals surface area contributed by atoms with Crippen molar-refractivity contribution in [2.24, 2.45) is 0 Å². The van der Waals surface area contributed by atoms with E-state index in [1.807, 2.05) is 6.92 Å². The second-order valence-electron chi connectivity index (χ2n) is 6.01. The summed E-state index contributed by atoms with van der Waals surface area (Å²) in [6, 6.07) is 6.73. The van der Waals surface area contributed by atoms with Crippen LogP contribution in [0.15, 0.2) is 24.3 Å². The summed E-state index contributed by atoms with van der Waals surface area (Å²) in [6.45, 7) is 6.17. The van der Waals surface area contributed by atoms with Crippen molar-refractivity contribution in [3.8, 4) is 11.4 Å². The summed E-state index contributed by atoms with van der Waals surface area (Å²) in [6.07, 6.45) is 3.21. The van der Waals surface area contributed by atoms with Gasteiger partial charge in [0.2, 0.25) is 0 Å². The van der Waals surface area contributed by atoms with Crippen molar-refractivity contribution in [3.63, 3.8) is 0 Å². The Kier molecular flexibility index (Phi) is 4.86. The van der Waals surface area contributed by atoms with E-state index in [9.17, 15) is 4.39 Å². The van der Waals surface area contributed by atoms with Gasteiger partial charge >= 0.3 is 0 Å². The van der Waals surface area contributed by atoms with Gasteiger partial charge in [-0.15, -0.1) is 0 Å². The monoisotopic (exact) mass is 314 g/mol. The van der Waals surface area contributed by atoms with Gasteiger partial charge in [-0.05, 0) is 57.0 Å². The van der Waals surface area contributed by atoms with E-state index in [4.69, 9.17) is 4.98 Å². The van der Waals surface area contributed by atoms with Crippen molar-refractivity contribution >= 4 is 5.82 Å². The van der Waals surface area contributed by atoms with Crippen molar-refractivity contribution in [2.45, 2.75) is 39.2 Å². The lowest BCUT2D eigenvalue weighted by Gasteiger charge is -2.26. The molecule has 1 aromatic carbocycles. The van der Waals surface area contributed by atoms with Crippen LogP contribution in [0.3, 0.4) is 0 Å². The van der Waals surface area contributed by atoms with Crippen LogP contribution < -0.4 is 10.6 Å². The third kappa shape index (κ3) is 3.67. The average molecular weight is 314 g/mol. The first-order chi connectivity index (χ1) is 11.2. The van der Waals surface area contributed by atoms with Crippen LogP contribution in [-0.2, 0) is 6.42 Å². The van der Waals surface area contributed by atoms with Crippen molar-refractivity contribution < 1.29 is 4.39 Å². The number of nitrogens with zero attached hydrogens (tertiary/aromatic N) is 2. The molecule has 1 aromatic heterocycles. The highest BCUT2D eigenvalue weighted by molar-refractivity contribution is 5.60. The van der Waals surface area contributed by atoms with Gasteiger partial charge in [0.1, 0.15) is 11.6 Å². The van der Waals surface area contributed by atoms with Gasteiger partial charge in [0.05, 0.1) is 0 Å². The van der Waals surface area contributed by atoms with Gasteiger partial charge in [-0.25, -0.2) is 14.4 Å². The van der Waals surface area contributed by atoms with Gasteiger partial charge in [0.15, 0.2) is 5.82 Å². The van der Waals surface area contributed by atoms with E-state index in [2.05, 4.69) is 22.5 Å². The van der Waals surface area contributed by atoms with E-state index < -0.39 is 0 Å². The highest BCUT2D eigenvalue weighted by Gasteiger charge is 2.17. The van der Waals surface area contributed by atoms with E-state index in [0.717, 1.165) is 48.6 Å². The number of rotatable bonds is 4. The first-order valence-corrected chi connectivity index (χ1v) is 8.28. The molecule has 122 valence electrons. The van der Waals surface area contributed by atoms with Crippen molar-refractivity contribution in [1.82, 2.24) is 15.3 Å². The van der Waals surface area contributed by atoms with Crippen LogP contribution in [0.4, 0.5) is 10.2 Å². The standard InChI is InChI=1S/C18H23FN4/c1-3-16-12(2)21-17(13-6-8-14(19)9-7-13)23-18(16)22-15-5-4-10-20-11-15/h6-9,15,20H,3-5,10-11H2,1-2H3,(H,21,22,23). The molecule has 0 amide bonds. The third-order valence-corrected chi connectivity index (χ3v) is 4.31. The summed E-state index contributed by atoms with van der Waals surface area (Å²) in [5, 5.41) is 6.99. The number of benzene rings is 1. The van der Waals surface area contributed by atoms with E-state index in [0.29, 0.717) is 11.9 Å². The van der Waals surface area contributed by atoms with Gasteiger partial charge in [-0.2, -0.15) is 0 Å². The highest BCUT2D eigenvalue weighted by Crippen LogP contribution is 2.24. The predicted molar refractivity (Wildman–Crippen MR) is 91.1 cm³/mol. The highest BCUT2D eigenvalue weighted by atomic mass is 19.1. The lowest BCUT2D eigenvalue weighted by atomic mass is 10.1. The SMILES string of the molecule is CCc1c(C)nc(-c2ccc(F)cc2)nc1NC1CCCNC1. The molecule has 2 N–H and O–H groups in total. The smallest absolute Gasteiger partial charge is 0.161 e. The maximum absolute atomic E-state index is 13.1. The average Bonchev–Trinajstić information content (AvgIpc) is 2.56. The van der Waals surface area contributed by atoms with Crippen LogP contribution in [0, 0.1) is 12.7 Å². The number of anilines is 1. The first-order valence-electron chi connectivity index (χ1n) is 8.28.